The van der Waals surface area contributed by atoms with E-state index >= 15 is 0 Å². The number of aromatic nitrogens is 2. The number of fused-ring (bicyclic) bond motifs is 1. The lowest BCUT2D eigenvalue weighted by Crippen LogP contribution is -2.25. The molecule has 0 aliphatic rings. The number of hydrogen-bond donors (Lipinski definition) is 1. The Labute approximate surface area is 148 Å². The number of pyridine rings is 1. The summed E-state index contributed by atoms with van der Waals surface area (Å²) in [5.41, 5.74) is 4.06. The van der Waals surface area contributed by atoms with Gasteiger partial charge in [-0.1, -0.05) is 31.5 Å². The normalized spacial score (nSPS) is 11.2. The lowest BCUT2D eigenvalue weighted by molar-refractivity contribution is 0.0954. The van der Waals surface area contributed by atoms with Gasteiger partial charge in [0.2, 0.25) is 0 Å². The second-order valence-corrected chi connectivity index (χ2v) is 6.95. The summed E-state index contributed by atoms with van der Waals surface area (Å²) in [7, 11) is 0. The summed E-state index contributed by atoms with van der Waals surface area (Å²) in [6, 6.07) is 11.7. The van der Waals surface area contributed by atoms with E-state index in [9.17, 15) is 4.79 Å². The smallest absolute Gasteiger partial charge is 0.251 e. The summed E-state index contributed by atoms with van der Waals surface area (Å²) in [5, 5.41) is 4.19. The molecule has 0 radical (unpaired) electrons. The van der Waals surface area contributed by atoms with Crippen molar-refractivity contribution in [2.75, 3.05) is 6.54 Å². The Morgan fingerprint density at radius 3 is 2.84 bits per heavy atom. The van der Waals surface area contributed by atoms with E-state index in [1.54, 1.807) is 0 Å². The van der Waals surface area contributed by atoms with E-state index in [0.29, 0.717) is 18.0 Å². The molecule has 2 heterocycles. The zero-order valence-corrected chi connectivity index (χ0v) is 15.1. The molecule has 0 unspecified atom stereocenters. The fraction of sp³-hybridized carbons (Fsp3) is 0.333. The predicted octanol–water partition coefficient (Wildman–Crippen LogP) is 3.97. The van der Waals surface area contributed by atoms with Crippen molar-refractivity contribution in [3.05, 3.63) is 65.5 Å². The van der Waals surface area contributed by atoms with Gasteiger partial charge in [0.25, 0.3) is 5.91 Å². The Kier molecular flexibility index (Phi) is 5.17. The molecule has 25 heavy (non-hydrogen) atoms. The standard InChI is InChI=1S/C21H25N3O/c1-15(2)13-24-14-18(19-8-5-10-22-20(19)24)9-11-23-21(25)17-7-4-6-16(3)12-17/h4-8,10,12,14-15H,9,11,13H2,1-3H3,(H,23,25). The molecular formula is C21H25N3O. The van der Waals surface area contributed by atoms with Crippen LogP contribution in [0.3, 0.4) is 0 Å². The summed E-state index contributed by atoms with van der Waals surface area (Å²) in [4.78, 5) is 16.8. The quantitative estimate of drug-likeness (QED) is 0.741. The minimum Gasteiger partial charge on any atom is -0.352 e. The van der Waals surface area contributed by atoms with Crippen molar-refractivity contribution in [1.29, 1.82) is 0 Å². The average Bonchev–Trinajstić information content (AvgIpc) is 2.92. The number of nitrogens with zero attached hydrogens (tertiary/aromatic N) is 2. The predicted molar refractivity (Wildman–Crippen MR) is 102 cm³/mol. The van der Waals surface area contributed by atoms with Crippen LogP contribution in [0.4, 0.5) is 0 Å². The fourth-order valence-electron chi connectivity index (χ4n) is 3.13. The lowest BCUT2D eigenvalue weighted by Gasteiger charge is -2.07. The Hall–Kier alpha value is -2.62. The number of carbonyl (C=O) groups excluding carboxylic acids is 1. The highest BCUT2D eigenvalue weighted by Crippen LogP contribution is 2.20. The first-order valence-electron chi connectivity index (χ1n) is 8.82. The molecule has 0 aliphatic heterocycles. The molecule has 4 heteroatoms. The summed E-state index contributed by atoms with van der Waals surface area (Å²) in [5.74, 6) is 0.541. The summed E-state index contributed by atoms with van der Waals surface area (Å²) in [6.45, 7) is 7.96. The number of amides is 1. The van der Waals surface area contributed by atoms with Gasteiger partial charge in [0.05, 0.1) is 0 Å². The maximum Gasteiger partial charge on any atom is 0.251 e. The van der Waals surface area contributed by atoms with Crippen molar-refractivity contribution in [3.63, 3.8) is 0 Å². The highest BCUT2D eigenvalue weighted by atomic mass is 16.1. The molecule has 2 aromatic heterocycles. The van der Waals surface area contributed by atoms with Crippen molar-refractivity contribution >= 4 is 16.9 Å². The molecule has 0 saturated carbocycles. The van der Waals surface area contributed by atoms with Crippen LogP contribution >= 0.6 is 0 Å². The number of carbonyl (C=O) groups is 1. The minimum atomic E-state index is -0.0206. The maximum atomic E-state index is 12.3. The van der Waals surface area contributed by atoms with E-state index in [-0.39, 0.29) is 5.91 Å². The highest BCUT2D eigenvalue weighted by molar-refractivity contribution is 5.94. The molecule has 4 nitrogen and oxygen atoms in total. The SMILES string of the molecule is Cc1cccc(C(=O)NCCc2cn(CC(C)C)c3ncccc23)c1. The van der Waals surface area contributed by atoms with Crippen LogP contribution in [0, 0.1) is 12.8 Å². The fourth-order valence-corrected chi connectivity index (χ4v) is 3.13. The van der Waals surface area contributed by atoms with Crippen LogP contribution in [0.15, 0.2) is 48.8 Å². The van der Waals surface area contributed by atoms with Crippen LogP contribution in [0.2, 0.25) is 0 Å². The van der Waals surface area contributed by atoms with E-state index in [1.165, 1.54) is 10.9 Å². The molecule has 1 aromatic carbocycles. The van der Waals surface area contributed by atoms with Gasteiger partial charge in [0, 0.05) is 36.4 Å². The van der Waals surface area contributed by atoms with Crippen LogP contribution in [0.1, 0.15) is 35.3 Å². The monoisotopic (exact) mass is 335 g/mol. The average molecular weight is 335 g/mol. The van der Waals surface area contributed by atoms with E-state index in [1.807, 2.05) is 43.5 Å². The summed E-state index contributed by atoms with van der Waals surface area (Å²) >= 11 is 0. The van der Waals surface area contributed by atoms with E-state index < -0.39 is 0 Å². The summed E-state index contributed by atoms with van der Waals surface area (Å²) in [6.07, 6.45) is 4.81. The third-order valence-corrected chi connectivity index (χ3v) is 4.24. The van der Waals surface area contributed by atoms with Gasteiger partial charge in [-0.05, 0) is 49.1 Å². The third kappa shape index (κ3) is 4.08. The Bertz CT molecular complexity index is 880. The first-order chi connectivity index (χ1) is 12.0. The van der Waals surface area contributed by atoms with Gasteiger partial charge in [-0.25, -0.2) is 4.98 Å². The molecular weight excluding hydrogens is 310 g/mol. The molecule has 3 rings (SSSR count). The highest BCUT2D eigenvalue weighted by Gasteiger charge is 2.11. The van der Waals surface area contributed by atoms with Crippen LogP contribution in [0.5, 0.6) is 0 Å². The van der Waals surface area contributed by atoms with Crippen LogP contribution in [0.25, 0.3) is 11.0 Å². The molecule has 0 spiro atoms. The van der Waals surface area contributed by atoms with Crippen molar-refractivity contribution in [1.82, 2.24) is 14.9 Å². The largest absolute Gasteiger partial charge is 0.352 e. The molecule has 1 amide bonds. The van der Waals surface area contributed by atoms with Crippen LogP contribution in [-0.4, -0.2) is 22.0 Å². The Morgan fingerprint density at radius 1 is 1.24 bits per heavy atom. The first kappa shape index (κ1) is 17.2. The number of nitrogens with one attached hydrogen (secondary N) is 1. The zero-order valence-electron chi connectivity index (χ0n) is 15.1. The molecule has 0 bridgehead atoms. The van der Waals surface area contributed by atoms with Gasteiger partial charge in [-0.3, -0.25) is 4.79 Å². The second kappa shape index (κ2) is 7.51. The third-order valence-electron chi connectivity index (χ3n) is 4.24. The Morgan fingerprint density at radius 2 is 2.08 bits per heavy atom. The van der Waals surface area contributed by atoms with Gasteiger partial charge >= 0.3 is 0 Å². The molecule has 0 fully saturated rings. The first-order valence-corrected chi connectivity index (χ1v) is 8.82. The number of benzene rings is 1. The second-order valence-electron chi connectivity index (χ2n) is 6.95. The van der Waals surface area contributed by atoms with Crippen molar-refractivity contribution in [2.45, 2.75) is 33.7 Å². The van der Waals surface area contributed by atoms with Crippen molar-refractivity contribution < 1.29 is 4.79 Å². The van der Waals surface area contributed by atoms with Crippen molar-refractivity contribution in [2.24, 2.45) is 5.92 Å². The number of aryl methyl sites for hydroxylation is 1. The number of rotatable bonds is 6. The molecule has 130 valence electrons. The molecule has 0 aliphatic carbocycles. The van der Waals surface area contributed by atoms with Gasteiger partial charge < -0.3 is 9.88 Å². The van der Waals surface area contributed by atoms with Crippen LogP contribution in [-0.2, 0) is 13.0 Å². The van der Waals surface area contributed by atoms with E-state index in [0.717, 1.165) is 24.2 Å². The van der Waals surface area contributed by atoms with Gasteiger partial charge in [0.15, 0.2) is 0 Å². The topological polar surface area (TPSA) is 46.9 Å². The number of hydrogen-bond acceptors (Lipinski definition) is 2. The molecule has 1 N–H and O–H groups in total. The Balaban J connectivity index is 1.70. The molecule has 3 aromatic rings. The molecule has 0 saturated heterocycles. The molecule has 0 atom stereocenters. The zero-order chi connectivity index (χ0) is 17.8. The van der Waals surface area contributed by atoms with E-state index in [4.69, 9.17) is 0 Å². The van der Waals surface area contributed by atoms with Crippen molar-refractivity contribution in [3.8, 4) is 0 Å². The van der Waals surface area contributed by atoms with Gasteiger partial charge in [-0.2, -0.15) is 0 Å². The lowest BCUT2D eigenvalue weighted by atomic mass is 10.1. The van der Waals surface area contributed by atoms with Crippen LogP contribution < -0.4 is 5.32 Å². The van der Waals surface area contributed by atoms with Gasteiger partial charge in [0.1, 0.15) is 5.65 Å². The van der Waals surface area contributed by atoms with Gasteiger partial charge in [-0.15, -0.1) is 0 Å². The maximum absolute atomic E-state index is 12.3. The summed E-state index contributed by atoms with van der Waals surface area (Å²) < 4.78 is 2.22. The minimum absolute atomic E-state index is 0.0206. The van der Waals surface area contributed by atoms with E-state index in [2.05, 4.69) is 41.0 Å².